The third kappa shape index (κ3) is 4.45. The highest BCUT2D eigenvalue weighted by Gasteiger charge is 2.40. The summed E-state index contributed by atoms with van der Waals surface area (Å²) in [7, 11) is -2.25. The maximum Gasteiger partial charge on any atom is 0.320 e. The summed E-state index contributed by atoms with van der Waals surface area (Å²) in [6.45, 7) is 6.96. The molecule has 3 unspecified atom stereocenters. The molecule has 0 saturated heterocycles. The van der Waals surface area contributed by atoms with E-state index in [0.717, 1.165) is 19.4 Å². The number of nitrogens with one attached hydrogen (secondary N) is 1. The summed E-state index contributed by atoms with van der Waals surface area (Å²) < 4.78 is 29.4. The van der Waals surface area contributed by atoms with Gasteiger partial charge >= 0.3 is 5.97 Å². The first-order valence-corrected chi connectivity index (χ1v) is 9.05. The van der Waals surface area contributed by atoms with Gasteiger partial charge in [-0.2, -0.15) is 0 Å². The Labute approximate surface area is 122 Å². The lowest BCUT2D eigenvalue weighted by molar-refractivity contribution is -0.137. The molecule has 5 nitrogen and oxygen atoms in total. The average Bonchev–Trinajstić information content (AvgIpc) is 2.38. The molecule has 1 aliphatic rings. The number of sulfone groups is 1. The molecule has 0 amide bonds. The van der Waals surface area contributed by atoms with E-state index < -0.39 is 26.8 Å². The second kappa shape index (κ2) is 7.41. The van der Waals surface area contributed by atoms with Gasteiger partial charge < -0.3 is 10.1 Å². The molecule has 0 aromatic heterocycles. The fraction of sp³-hybridized carbons (Fsp3) is 0.929. The van der Waals surface area contributed by atoms with Crippen LogP contribution in [0.1, 0.15) is 40.0 Å². The van der Waals surface area contributed by atoms with Crippen molar-refractivity contribution in [3.8, 4) is 0 Å². The van der Waals surface area contributed by atoms with Crippen LogP contribution in [0.5, 0.6) is 0 Å². The van der Waals surface area contributed by atoms with Crippen LogP contribution in [-0.4, -0.2) is 45.1 Å². The first-order valence-electron chi connectivity index (χ1n) is 7.33. The van der Waals surface area contributed by atoms with Gasteiger partial charge in [0, 0.05) is 6.04 Å². The second-order valence-corrected chi connectivity index (χ2v) is 8.12. The summed E-state index contributed by atoms with van der Waals surface area (Å²) in [6.07, 6.45) is 2.52. The number of carbonyl (C=O) groups is 1. The quantitative estimate of drug-likeness (QED) is 0.751. The van der Waals surface area contributed by atoms with E-state index in [-0.39, 0.29) is 6.04 Å². The monoisotopic (exact) mass is 305 g/mol. The maximum absolute atomic E-state index is 12.5. The highest BCUT2D eigenvalue weighted by atomic mass is 32.2. The van der Waals surface area contributed by atoms with Gasteiger partial charge in [0.15, 0.2) is 9.84 Å². The van der Waals surface area contributed by atoms with E-state index in [1.165, 1.54) is 7.11 Å². The van der Waals surface area contributed by atoms with E-state index in [9.17, 15) is 13.2 Å². The van der Waals surface area contributed by atoms with Crippen molar-refractivity contribution in [2.75, 3.05) is 19.4 Å². The van der Waals surface area contributed by atoms with Crippen molar-refractivity contribution >= 4 is 15.8 Å². The van der Waals surface area contributed by atoms with E-state index >= 15 is 0 Å². The molecule has 1 aliphatic carbocycles. The van der Waals surface area contributed by atoms with E-state index in [0.29, 0.717) is 18.3 Å². The molecule has 6 heteroatoms. The zero-order valence-electron chi connectivity index (χ0n) is 12.9. The molecule has 0 radical (unpaired) electrons. The van der Waals surface area contributed by atoms with Gasteiger partial charge in [-0.25, -0.2) is 8.42 Å². The van der Waals surface area contributed by atoms with Gasteiger partial charge in [-0.15, -0.1) is 0 Å². The Bertz CT molecular complexity index is 419. The Morgan fingerprint density at radius 3 is 2.50 bits per heavy atom. The fourth-order valence-electron chi connectivity index (χ4n) is 2.99. The predicted molar refractivity (Wildman–Crippen MR) is 79.2 cm³/mol. The molecule has 0 aromatic carbocycles. The molecule has 0 aromatic rings. The molecule has 20 heavy (non-hydrogen) atoms. The lowest BCUT2D eigenvalue weighted by atomic mass is 9.79. The van der Waals surface area contributed by atoms with Gasteiger partial charge in [0.1, 0.15) is 5.75 Å². The average molecular weight is 305 g/mol. The minimum absolute atomic E-state index is 0.0512. The van der Waals surface area contributed by atoms with Gasteiger partial charge in [-0.3, -0.25) is 4.79 Å². The topological polar surface area (TPSA) is 72.5 Å². The SMILES string of the molecule is CCNC1CCC(C(C)C)CC1S(=O)(=O)CC(=O)OC. The highest BCUT2D eigenvalue weighted by molar-refractivity contribution is 7.92. The van der Waals surface area contributed by atoms with Crippen LogP contribution in [0.4, 0.5) is 0 Å². The minimum atomic E-state index is -3.47. The van der Waals surface area contributed by atoms with Crippen molar-refractivity contribution in [2.45, 2.75) is 51.3 Å². The lowest BCUT2D eigenvalue weighted by Crippen LogP contribution is -2.50. The normalized spacial score (nSPS) is 27.6. The molecule has 0 bridgehead atoms. The molecule has 0 heterocycles. The van der Waals surface area contributed by atoms with Crippen molar-refractivity contribution in [3.63, 3.8) is 0 Å². The van der Waals surface area contributed by atoms with Crippen molar-refractivity contribution in [3.05, 3.63) is 0 Å². The number of esters is 1. The van der Waals surface area contributed by atoms with Crippen LogP contribution in [0.3, 0.4) is 0 Å². The van der Waals surface area contributed by atoms with Crippen molar-refractivity contribution in [1.82, 2.24) is 5.32 Å². The van der Waals surface area contributed by atoms with Crippen LogP contribution in [0.25, 0.3) is 0 Å². The molecule has 3 atom stereocenters. The first kappa shape index (κ1) is 17.4. The van der Waals surface area contributed by atoms with Crippen molar-refractivity contribution in [2.24, 2.45) is 11.8 Å². The highest BCUT2D eigenvalue weighted by Crippen LogP contribution is 2.34. The summed E-state index contributed by atoms with van der Waals surface area (Å²) in [5.41, 5.74) is 0. The van der Waals surface area contributed by atoms with Gasteiger partial charge in [0.25, 0.3) is 0 Å². The van der Waals surface area contributed by atoms with Crippen LogP contribution in [0.15, 0.2) is 0 Å². The summed E-state index contributed by atoms with van der Waals surface area (Å²) >= 11 is 0. The first-order chi connectivity index (χ1) is 9.31. The smallest absolute Gasteiger partial charge is 0.320 e. The standard InChI is InChI=1S/C14H27NO4S/c1-5-15-12-7-6-11(10(2)3)8-13(12)20(17,18)9-14(16)19-4/h10-13,15H,5-9H2,1-4H3. The Morgan fingerprint density at radius 1 is 1.35 bits per heavy atom. The molecule has 1 fully saturated rings. The van der Waals surface area contributed by atoms with Crippen LogP contribution >= 0.6 is 0 Å². The van der Waals surface area contributed by atoms with Crippen LogP contribution in [-0.2, 0) is 19.4 Å². The number of rotatable bonds is 6. The van der Waals surface area contributed by atoms with E-state index in [4.69, 9.17) is 0 Å². The zero-order chi connectivity index (χ0) is 15.3. The van der Waals surface area contributed by atoms with E-state index in [1.807, 2.05) is 6.92 Å². The molecule has 1 rings (SSSR count). The Kier molecular flexibility index (Phi) is 6.45. The van der Waals surface area contributed by atoms with Crippen molar-refractivity contribution in [1.29, 1.82) is 0 Å². The zero-order valence-corrected chi connectivity index (χ0v) is 13.7. The number of carbonyl (C=O) groups excluding carboxylic acids is 1. The minimum Gasteiger partial charge on any atom is -0.468 e. The molecule has 118 valence electrons. The van der Waals surface area contributed by atoms with Gasteiger partial charge in [-0.05, 0) is 37.6 Å². The van der Waals surface area contributed by atoms with Gasteiger partial charge in [-0.1, -0.05) is 20.8 Å². The third-order valence-electron chi connectivity index (χ3n) is 4.25. The Hall–Kier alpha value is -0.620. The molecule has 0 spiro atoms. The summed E-state index contributed by atoms with van der Waals surface area (Å²) in [5, 5.41) is 2.78. The fourth-order valence-corrected chi connectivity index (χ4v) is 4.92. The van der Waals surface area contributed by atoms with Crippen LogP contribution in [0, 0.1) is 11.8 Å². The van der Waals surface area contributed by atoms with E-state index in [2.05, 4.69) is 23.9 Å². The third-order valence-corrected chi connectivity index (χ3v) is 6.33. The summed E-state index contributed by atoms with van der Waals surface area (Å²) in [4.78, 5) is 11.3. The predicted octanol–water partition coefficient (Wildman–Crippen LogP) is 1.38. The van der Waals surface area contributed by atoms with E-state index in [1.54, 1.807) is 0 Å². The molecule has 1 N–H and O–H groups in total. The molecule has 1 saturated carbocycles. The Morgan fingerprint density at radius 2 is 2.00 bits per heavy atom. The second-order valence-electron chi connectivity index (χ2n) is 5.90. The largest absolute Gasteiger partial charge is 0.468 e. The maximum atomic E-state index is 12.5. The molecule has 0 aliphatic heterocycles. The number of ether oxygens (including phenoxy) is 1. The summed E-state index contributed by atoms with van der Waals surface area (Å²) in [6, 6.07) is -0.0512. The Balaban J connectivity index is 2.90. The number of hydrogen-bond donors (Lipinski definition) is 1. The molecular formula is C14H27NO4S. The number of methoxy groups -OCH3 is 1. The van der Waals surface area contributed by atoms with Crippen LogP contribution in [0.2, 0.25) is 0 Å². The lowest BCUT2D eigenvalue weighted by Gasteiger charge is -2.37. The van der Waals surface area contributed by atoms with Gasteiger partial charge in [0.2, 0.25) is 0 Å². The van der Waals surface area contributed by atoms with Gasteiger partial charge in [0.05, 0.1) is 12.4 Å². The summed E-state index contributed by atoms with van der Waals surface area (Å²) in [5.74, 6) is -0.316. The van der Waals surface area contributed by atoms with Crippen LogP contribution < -0.4 is 5.32 Å². The number of hydrogen-bond acceptors (Lipinski definition) is 5. The van der Waals surface area contributed by atoms with Crippen molar-refractivity contribution < 1.29 is 17.9 Å². The molecular weight excluding hydrogens is 278 g/mol.